The number of ketones is 1. The monoisotopic (exact) mass is 459 g/mol. The van der Waals surface area contributed by atoms with Crippen LogP contribution in [0.25, 0.3) is 17.1 Å². The van der Waals surface area contributed by atoms with E-state index in [4.69, 9.17) is 9.47 Å². The average molecular weight is 460 g/mol. The van der Waals surface area contributed by atoms with Gasteiger partial charge in [0.05, 0.1) is 14.2 Å². The molecule has 0 aliphatic carbocycles. The molecule has 0 saturated heterocycles. The van der Waals surface area contributed by atoms with Gasteiger partial charge in [-0.25, -0.2) is 0 Å². The number of aromatic nitrogens is 3. The van der Waals surface area contributed by atoms with Crippen LogP contribution in [0.15, 0.2) is 71.9 Å². The molecule has 1 heterocycles. The Morgan fingerprint density at radius 1 is 0.970 bits per heavy atom. The zero-order valence-electron chi connectivity index (χ0n) is 19.0. The minimum atomic E-state index is 0.0204. The molecule has 1 aromatic heterocycles. The second-order valence-electron chi connectivity index (χ2n) is 7.58. The van der Waals surface area contributed by atoms with Crippen LogP contribution >= 0.6 is 11.8 Å². The van der Waals surface area contributed by atoms with Gasteiger partial charge in [0.2, 0.25) is 0 Å². The van der Waals surface area contributed by atoms with Crippen molar-refractivity contribution in [3.63, 3.8) is 0 Å². The SMILES string of the molecule is COc1cccc(-c2nnc(SCc3cc(C(C)=O)ccc3OC)n2-c2ccc(C)cc2)c1. The van der Waals surface area contributed by atoms with Gasteiger partial charge in [-0.1, -0.05) is 41.6 Å². The lowest BCUT2D eigenvalue weighted by Gasteiger charge is -2.13. The molecule has 0 fully saturated rings. The zero-order chi connectivity index (χ0) is 23.4. The lowest BCUT2D eigenvalue weighted by Crippen LogP contribution is -2.01. The normalized spacial score (nSPS) is 10.8. The molecule has 0 radical (unpaired) electrons. The predicted molar refractivity (Wildman–Crippen MR) is 131 cm³/mol. The van der Waals surface area contributed by atoms with E-state index in [0.29, 0.717) is 11.3 Å². The van der Waals surface area contributed by atoms with E-state index in [1.54, 1.807) is 39.0 Å². The smallest absolute Gasteiger partial charge is 0.196 e. The van der Waals surface area contributed by atoms with Crippen molar-refractivity contribution in [2.24, 2.45) is 0 Å². The summed E-state index contributed by atoms with van der Waals surface area (Å²) in [4.78, 5) is 11.9. The zero-order valence-corrected chi connectivity index (χ0v) is 19.8. The number of hydrogen-bond acceptors (Lipinski definition) is 6. The Morgan fingerprint density at radius 2 is 1.76 bits per heavy atom. The molecule has 0 spiro atoms. The number of thioether (sulfide) groups is 1. The van der Waals surface area contributed by atoms with Crippen LogP contribution in [0, 0.1) is 6.92 Å². The Hall–Kier alpha value is -3.58. The van der Waals surface area contributed by atoms with Gasteiger partial charge in [0.15, 0.2) is 16.8 Å². The average Bonchev–Trinajstić information content (AvgIpc) is 3.27. The van der Waals surface area contributed by atoms with E-state index in [-0.39, 0.29) is 5.78 Å². The summed E-state index contributed by atoms with van der Waals surface area (Å²) in [6.45, 7) is 3.62. The fourth-order valence-electron chi connectivity index (χ4n) is 3.49. The van der Waals surface area contributed by atoms with Crippen molar-refractivity contribution >= 4 is 17.5 Å². The molecule has 0 bridgehead atoms. The minimum Gasteiger partial charge on any atom is -0.497 e. The second-order valence-corrected chi connectivity index (χ2v) is 8.52. The largest absolute Gasteiger partial charge is 0.497 e. The molecule has 4 aromatic rings. The maximum Gasteiger partial charge on any atom is 0.196 e. The molecule has 4 rings (SSSR count). The van der Waals surface area contributed by atoms with Crippen LogP contribution in [0.1, 0.15) is 28.4 Å². The van der Waals surface area contributed by atoms with Crippen molar-refractivity contribution in [3.8, 4) is 28.6 Å². The highest BCUT2D eigenvalue weighted by atomic mass is 32.2. The summed E-state index contributed by atoms with van der Waals surface area (Å²) in [5.74, 6) is 2.82. The number of Topliss-reactive ketones (excluding diaryl/α,β-unsaturated/α-hetero) is 1. The summed E-state index contributed by atoms with van der Waals surface area (Å²) in [7, 11) is 3.28. The highest BCUT2D eigenvalue weighted by Gasteiger charge is 2.18. The molecule has 7 heteroatoms. The Bertz CT molecular complexity index is 1280. The number of methoxy groups -OCH3 is 2. The Labute approximate surface area is 197 Å². The number of hydrogen-bond donors (Lipinski definition) is 0. The first-order valence-electron chi connectivity index (χ1n) is 10.5. The molecule has 0 aliphatic rings. The van der Waals surface area contributed by atoms with Crippen molar-refractivity contribution in [3.05, 3.63) is 83.4 Å². The van der Waals surface area contributed by atoms with Gasteiger partial charge in [0, 0.05) is 28.1 Å². The predicted octanol–water partition coefficient (Wildman–Crippen LogP) is 5.75. The summed E-state index contributed by atoms with van der Waals surface area (Å²) in [6, 6.07) is 21.5. The maximum absolute atomic E-state index is 11.9. The number of nitrogens with zero attached hydrogens (tertiary/aromatic N) is 3. The van der Waals surface area contributed by atoms with E-state index >= 15 is 0 Å². The topological polar surface area (TPSA) is 66.2 Å². The van der Waals surface area contributed by atoms with E-state index in [1.807, 2.05) is 41.0 Å². The van der Waals surface area contributed by atoms with E-state index in [2.05, 4.69) is 41.4 Å². The van der Waals surface area contributed by atoms with Crippen molar-refractivity contribution in [1.29, 1.82) is 0 Å². The fourth-order valence-corrected chi connectivity index (χ4v) is 4.42. The standard InChI is InChI=1S/C26H25N3O3S/c1-17-8-11-22(12-9-17)29-25(20-6-5-7-23(15-20)31-3)27-28-26(29)33-16-21-14-19(18(2)30)10-13-24(21)32-4/h5-15H,16H2,1-4H3. The Kier molecular flexibility index (Phi) is 6.79. The Morgan fingerprint density at radius 3 is 2.45 bits per heavy atom. The number of carbonyl (C=O) groups is 1. The second kappa shape index (κ2) is 9.92. The molecule has 3 aromatic carbocycles. The minimum absolute atomic E-state index is 0.0204. The van der Waals surface area contributed by atoms with Crippen LogP contribution in [0.5, 0.6) is 11.5 Å². The number of rotatable bonds is 8. The fraction of sp³-hybridized carbons (Fsp3) is 0.192. The van der Waals surface area contributed by atoms with Gasteiger partial charge in [-0.05, 0) is 56.3 Å². The van der Waals surface area contributed by atoms with Crippen LogP contribution in [0.3, 0.4) is 0 Å². The Balaban J connectivity index is 1.75. The van der Waals surface area contributed by atoms with Gasteiger partial charge in [-0.2, -0.15) is 0 Å². The molecule has 33 heavy (non-hydrogen) atoms. The van der Waals surface area contributed by atoms with E-state index in [9.17, 15) is 4.79 Å². The van der Waals surface area contributed by atoms with Gasteiger partial charge < -0.3 is 9.47 Å². The lowest BCUT2D eigenvalue weighted by atomic mass is 10.1. The summed E-state index contributed by atoms with van der Waals surface area (Å²) >= 11 is 1.54. The van der Waals surface area contributed by atoms with E-state index in [0.717, 1.165) is 39.3 Å². The molecule has 0 atom stereocenters. The third-order valence-corrected chi connectivity index (χ3v) is 6.27. The van der Waals surface area contributed by atoms with Crippen molar-refractivity contribution in [2.75, 3.05) is 14.2 Å². The molecule has 168 valence electrons. The number of aryl methyl sites for hydroxylation is 1. The summed E-state index contributed by atoms with van der Waals surface area (Å²) in [5.41, 5.74) is 4.63. The van der Waals surface area contributed by atoms with Gasteiger partial charge in [0.25, 0.3) is 0 Å². The summed E-state index contributed by atoms with van der Waals surface area (Å²) in [5, 5.41) is 9.76. The van der Waals surface area contributed by atoms with Gasteiger partial charge in [-0.15, -0.1) is 10.2 Å². The molecular weight excluding hydrogens is 434 g/mol. The molecule has 6 nitrogen and oxygen atoms in total. The van der Waals surface area contributed by atoms with E-state index in [1.165, 1.54) is 5.56 Å². The number of ether oxygens (including phenoxy) is 2. The number of carbonyl (C=O) groups excluding carboxylic acids is 1. The molecular formula is C26H25N3O3S. The van der Waals surface area contributed by atoms with Crippen LogP contribution in [0.2, 0.25) is 0 Å². The molecule has 0 saturated carbocycles. The van der Waals surface area contributed by atoms with E-state index < -0.39 is 0 Å². The first kappa shape index (κ1) is 22.6. The first-order valence-corrected chi connectivity index (χ1v) is 11.5. The van der Waals surface area contributed by atoms with Crippen molar-refractivity contribution in [2.45, 2.75) is 24.8 Å². The van der Waals surface area contributed by atoms with Crippen LogP contribution in [0.4, 0.5) is 0 Å². The van der Waals surface area contributed by atoms with Crippen LogP contribution < -0.4 is 9.47 Å². The van der Waals surface area contributed by atoms with Crippen LogP contribution in [-0.2, 0) is 5.75 Å². The first-order chi connectivity index (χ1) is 16.0. The van der Waals surface area contributed by atoms with Crippen LogP contribution in [-0.4, -0.2) is 34.8 Å². The number of benzene rings is 3. The summed E-state index contributed by atoms with van der Waals surface area (Å²) in [6.07, 6.45) is 0. The van der Waals surface area contributed by atoms with Crippen molar-refractivity contribution < 1.29 is 14.3 Å². The lowest BCUT2D eigenvalue weighted by molar-refractivity contribution is 0.101. The molecule has 0 unspecified atom stereocenters. The maximum atomic E-state index is 11.9. The van der Waals surface area contributed by atoms with Crippen molar-refractivity contribution in [1.82, 2.24) is 14.8 Å². The van der Waals surface area contributed by atoms with Gasteiger partial charge in [-0.3, -0.25) is 9.36 Å². The highest BCUT2D eigenvalue weighted by molar-refractivity contribution is 7.98. The summed E-state index contributed by atoms with van der Waals surface area (Å²) < 4.78 is 13.0. The quantitative estimate of drug-likeness (QED) is 0.247. The molecule has 0 aliphatic heterocycles. The molecule has 0 amide bonds. The van der Waals surface area contributed by atoms with Gasteiger partial charge >= 0.3 is 0 Å². The molecule has 0 N–H and O–H groups in total. The third kappa shape index (κ3) is 4.93. The van der Waals surface area contributed by atoms with Gasteiger partial charge in [0.1, 0.15) is 11.5 Å². The third-order valence-electron chi connectivity index (χ3n) is 5.30. The highest BCUT2D eigenvalue weighted by Crippen LogP contribution is 2.33.